The van der Waals surface area contributed by atoms with Crippen molar-refractivity contribution in [3.63, 3.8) is 0 Å². The Kier molecular flexibility index (Phi) is 7.88. The Bertz CT molecular complexity index is 378. The van der Waals surface area contributed by atoms with E-state index in [1.807, 2.05) is 18.2 Å². The number of rotatable bonds is 9. The molecule has 1 aromatic rings. The molecule has 0 saturated heterocycles. The molecule has 0 bridgehead atoms. The number of Topliss-reactive ketones (excluding diaryl/α,β-unsaturated/α-hetero) is 1. The normalized spacial score (nSPS) is 12.7. The van der Waals surface area contributed by atoms with Gasteiger partial charge in [-0.15, -0.1) is 0 Å². The van der Waals surface area contributed by atoms with Gasteiger partial charge in [0.05, 0.1) is 0 Å². The maximum Gasteiger partial charge on any atom is 0.130 e. The summed E-state index contributed by atoms with van der Waals surface area (Å²) in [5.74, 6) is 0.495. The number of benzene rings is 1. The molecule has 1 atom stereocenters. The van der Waals surface area contributed by atoms with Gasteiger partial charge in [0.25, 0.3) is 0 Å². The number of ketones is 1. The van der Waals surface area contributed by atoms with Crippen LogP contribution in [-0.2, 0) is 4.79 Å². The third-order valence-electron chi connectivity index (χ3n) is 3.33. The zero-order valence-electron chi connectivity index (χ0n) is 12.3. The third kappa shape index (κ3) is 6.95. The van der Waals surface area contributed by atoms with Crippen molar-refractivity contribution in [1.82, 2.24) is 0 Å². The highest BCUT2D eigenvalue weighted by Crippen LogP contribution is 2.21. The van der Waals surface area contributed by atoms with Gasteiger partial charge in [0, 0.05) is 12.3 Å². The molecule has 1 aromatic carbocycles. The van der Waals surface area contributed by atoms with Crippen molar-refractivity contribution in [1.29, 1.82) is 0 Å². The highest BCUT2D eigenvalue weighted by atomic mass is 16.1. The summed E-state index contributed by atoms with van der Waals surface area (Å²) in [7, 11) is 0. The smallest absolute Gasteiger partial charge is 0.130 e. The number of carbonyl (C=O) groups excluding carboxylic acids is 1. The summed E-state index contributed by atoms with van der Waals surface area (Å²) >= 11 is 0. The van der Waals surface area contributed by atoms with Gasteiger partial charge in [-0.1, -0.05) is 68.7 Å². The zero-order valence-corrected chi connectivity index (χ0v) is 12.3. The molecular formula is C18H26O. The minimum Gasteiger partial charge on any atom is -0.300 e. The quantitative estimate of drug-likeness (QED) is 0.435. The number of allylic oxidation sites excluding steroid dienone is 2. The topological polar surface area (TPSA) is 17.1 Å². The van der Waals surface area contributed by atoms with E-state index < -0.39 is 0 Å². The second-order valence-corrected chi connectivity index (χ2v) is 5.20. The Morgan fingerprint density at radius 1 is 1.16 bits per heavy atom. The molecule has 0 N–H and O–H groups in total. The largest absolute Gasteiger partial charge is 0.300 e. The van der Waals surface area contributed by atoms with Gasteiger partial charge in [-0.3, -0.25) is 4.79 Å². The summed E-state index contributed by atoms with van der Waals surface area (Å²) in [4.78, 5) is 11.4. The first kappa shape index (κ1) is 15.7. The molecule has 0 fully saturated rings. The van der Waals surface area contributed by atoms with E-state index in [-0.39, 0.29) is 11.7 Å². The van der Waals surface area contributed by atoms with Crippen LogP contribution in [0.1, 0.15) is 63.9 Å². The van der Waals surface area contributed by atoms with Gasteiger partial charge in [0.2, 0.25) is 0 Å². The van der Waals surface area contributed by atoms with E-state index in [2.05, 4.69) is 31.2 Å². The van der Waals surface area contributed by atoms with E-state index in [9.17, 15) is 4.79 Å². The van der Waals surface area contributed by atoms with Gasteiger partial charge >= 0.3 is 0 Å². The molecule has 104 valence electrons. The summed E-state index contributed by atoms with van der Waals surface area (Å²) in [6.45, 7) is 3.90. The van der Waals surface area contributed by atoms with E-state index in [1.165, 1.54) is 31.2 Å². The molecule has 0 aromatic heterocycles. The summed E-state index contributed by atoms with van der Waals surface area (Å²) in [5, 5.41) is 0. The maximum atomic E-state index is 11.4. The number of hydrogen-bond donors (Lipinski definition) is 0. The number of hydrogen-bond acceptors (Lipinski definition) is 1. The van der Waals surface area contributed by atoms with Gasteiger partial charge in [0.1, 0.15) is 5.78 Å². The SMILES string of the molecule is CCCCCC/C=C/[C@@H](CC(C)=O)c1ccccc1. The Labute approximate surface area is 117 Å². The lowest BCUT2D eigenvalue weighted by Crippen LogP contribution is -2.01. The molecule has 0 saturated carbocycles. The average molecular weight is 258 g/mol. The maximum absolute atomic E-state index is 11.4. The van der Waals surface area contributed by atoms with Crippen LogP contribution < -0.4 is 0 Å². The first-order valence-electron chi connectivity index (χ1n) is 7.45. The Morgan fingerprint density at radius 2 is 1.89 bits per heavy atom. The van der Waals surface area contributed by atoms with E-state index in [0.717, 1.165) is 6.42 Å². The van der Waals surface area contributed by atoms with Crippen molar-refractivity contribution >= 4 is 5.78 Å². The second-order valence-electron chi connectivity index (χ2n) is 5.20. The van der Waals surface area contributed by atoms with Crippen molar-refractivity contribution in [2.45, 2.75) is 58.3 Å². The molecule has 0 aliphatic carbocycles. The molecule has 0 aliphatic rings. The fraction of sp³-hybridized carbons (Fsp3) is 0.500. The van der Waals surface area contributed by atoms with Gasteiger partial charge < -0.3 is 0 Å². The monoisotopic (exact) mass is 258 g/mol. The summed E-state index contributed by atoms with van der Waals surface area (Å²) in [5.41, 5.74) is 1.24. The molecule has 1 heteroatoms. The van der Waals surface area contributed by atoms with Crippen LogP contribution in [0.4, 0.5) is 0 Å². The van der Waals surface area contributed by atoms with Crippen LogP contribution in [0.15, 0.2) is 42.5 Å². The van der Waals surface area contributed by atoms with Crippen molar-refractivity contribution in [2.24, 2.45) is 0 Å². The molecule has 1 nitrogen and oxygen atoms in total. The van der Waals surface area contributed by atoms with Gasteiger partial charge in [-0.05, 0) is 25.3 Å². The van der Waals surface area contributed by atoms with Crippen LogP contribution in [-0.4, -0.2) is 5.78 Å². The minimum absolute atomic E-state index is 0.241. The lowest BCUT2D eigenvalue weighted by molar-refractivity contribution is -0.117. The van der Waals surface area contributed by atoms with Crippen LogP contribution >= 0.6 is 0 Å². The molecule has 0 spiro atoms. The van der Waals surface area contributed by atoms with Crippen molar-refractivity contribution in [2.75, 3.05) is 0 Å². The summed E-state index contributed by atoms with van der Waals surface area (Å²) in [6.07, 6.45) is 11.4. The third-order valence-corrected chi connectivity index (χ3v) is 3.33. The number of carbonyl (C=O) groups is 1. The van der Waals surface area contributed by atoms with Gasteiger partial charge in [-0.2, -0.15) is 0 Å². The zero-order chi connectivity index (χ0) is 13.9. The lowest BCUT2D eigenvalue weighted by Gasteiger charge is -2.11. The fourth-order valence-corrected chi connectivity index (χ4v) is 2.26. The average Bonchev–Trinajstić information content (AvgIpc) is 2.42. The summed E-state index contributed by atoms with van der Waals surface area (Å²) < 4.78 is 0. The van der Waals surface area contributed by atoms with Crippen LogP contribution in [0.2, 0.25) is 0 Å². The Morgan fingerprint density at radius 3 is 2.53 bits per heavy atom. The standard InChI is InChI=1S/C18H26O/c1-3-4-5-6-7-9-14-18(15-16(2)19)17-12-10-8-11-13-17/h8-14,18H,3-7,15H2,1-2H3/b14-9+/t18-/m0/s1. The molecule has 0 heterocycles. The van der Waals surface area contributed by atoms with Crippen molar-refractivity contribution < 1.29 is 4.79 Å². The molecule has 0 aliphatic heterocycles. The molecule has 0 unspecified atom stereocenters. The highest BCUT2D eigenvalue weighted by Gasteiger charge is 2.09. The van der Waals surface area contributed by atoms with Crippen molar-refractivity contribution in [3.8, 4) is 0 Å². The minimum atomic E-state index is 0.241. The summed E-state index contributed by atoms with van der Waals surface area (Å²) in [6, 6.07) is 10.3. The van der Waals surface area contributed by atoms with Crippen LogP contribution in [0.25, 0.3) is 0 Å². The molecular weight excluding hydrogens is 232 g/mol. The van der Waals surface area contributed by atoms with Crippen molar-refractivity contribution in [3.05, 3.63) is 48.0 Å². The number of unbranched alkanes of at least 4 members (excludes halogenated alkanes) is 4. The Hall–Kier alpha value is -1.37. The second kappa shape index (κ2) is 9.55. The first-order chi connectivity index (χ1) is 9.24. The van der Waals surface area contributed by atoms with Crippen LogP contribution in [0.3, 0.4) is 0 Å². The predicted molar refractivity (Wildman–Crippen MR) is 82.4 cm³/mol. The van der Waals surface area contributed by atoms with E-state index in [1.54, 1.807) is 6.92 Å². The van der Waals surface area contributed by atoms with Crippen LogP contribution in [0.5, 0.6) is 0 Å². The molecule has 19 heavy (non-hydrogen) atoms. The highest BCUT2D eigenvalue weighted by molar-refractivity contribution is 5.76. The molecule has 1 rings (SSSR count). The fourth-order valence-electron chi connectivity index (χ4n) is 2.26. The van der Waals surface area contributed by atoms with Gasteiger partial charge in [0.15, 0.2) is 0 Å². The predicted octanol–water partition coefficient (Wildman–Crippen LogP) is 5.28. The van der Waals surface area contributed by atoms with E-state index in [4.69, 9.17) is 0 Å². The molecule has 0 radical (unpaired) electrons. The lowest BCUT2D eigenvalue weighted by atomic mass is 9.93. The molecule has 0 amide bonds. The van der Waals surface area contributed by atoms with E-state index in [0.29, 0.717) is 6.42 Å². The van der Waals surface area contributed by atoms with Gasteiger partial charge in [-0.25, -0.2) is 0 Å². The van der Waals surface area contributed by atoms with E-state index >= 15 is 0 Å². The Balaban J connectivity index is 2.51. The van der Waals surface area contributed by atoms with Crippen LogP contribution in [0, 0.1) is 0 Å². The first-order valence-corrected chi connectivity index (χ1v) is 7.45.